The Morgan fingerprint density at radius 1 is 1.14 bits per heavy atom. The van der Waals surface area contributed by atoms with E-state index in [0.717, 1.165) is 48.4 Å². The molecule has 1 saturated heterocycles. The first-order chi connectivity index (χ1) is 14.2. The van der Waals surface area contributed by atoms with Crippen LogP contribution in [0.25, 0.3) is 21.7 Å². The Hall–Kier alpha value is -2.87. The topological polar surface area (TPSA) is 67.9 Å². The highest BCUT2D eigenvalue weighted by atomic mass is 32.1. The normalized spacial score (nSPS) is 20.4. The number of hydrogen-bond donors (Lipinski definition) is 0. The molecule has 0 N–H and O–H groups in total. The van der Waals surface area contributed by atoms with E-state index in [-0.39, 0.29) is 11.2 Å². The molecule has 6 rings (SSSR count). The maximum Gasteiger partial charge on any atom is 0.247 e. The van der Waals surface area contributed by atoms with Crippen LogP contribution in [-0.4, -0.2) is 33.3 Å². The van der Waals surface area contributed by atoms with E-state index in [1.807, 2.05) is 6.07 Å². The van der Waals surface area contributed by atoms with Crippen LogP contribution in [0.4, 0.5) is 10.2 Å². The van der Waals surface area contributed by atoms with Gasteiger partial charge in [-0.1, -0.05) is 6.07 Å². The molecule has 0 radical (unpaired) electrons. The number of aromatic nitrogens is 4. The van der Waals surface area contributed by atoms with Crippen molar-refractivity contribution < 1.29 is 8.81 Å². The molecule has 1 unspecified atom stereocenters. The SMILES string of the molecule is Fc1cccc(-c2nnc(C3CC34CCN(c3ncnc5ccsc35)CC4)o2)c1. The fourth-order valence-electron chi connectivity index (χ4n) is 4.53. The van der Waals surface area contributed by atoms with E-state index in [1.54, 1.807) is 29.8 Å². The van der Waals surface area contributed by atoms with Gasteiger partial charge in [0, 0.05) is 24.6 Å². The van der Waals surface area contributed by atoms with Crippen LogP contribution >= 0.6 is 11.3 Å². The zero-order valence-electron chi connectivity index (χ0n) is 15.6. The second kappa shape index (κ2) is 6.32. The zero-order valence-corrected chi connectivity index (χ0v) is 16.4. The molecule has 146 valence electrons. The highest BCUT2D eigenvalue weighted by Gasteiger charge is 2.58. The van der Waals surface area contributed by atoms with Gasteiger partial charge >= 0.3 is 0 Å². The van der Waals surface area contributed by atoms with Gasteiger partial charge in [0.05, 0.1) is 10.2 Å². The Kier molecular flexibility index (Phi) is 3.71. The molecule has 1 aromatic carbocycles. The molecule has 2 fully saturated rings. The summed E-state index contributed by atoms with van der Waals surface area (Å²) in [6.45, 7) is 1.93. The third kappa shape index (κ3) is 2.81. The van der Waals surface area contributed by atoms with Crippen molar-refractivity contribution in [2.45, 2.75) is 25.2 Å². The molecule has 8 heteroatoms. The first-order valence-electron chi connectivity index (χ1n) is 9.74. The van der Waals surface area contributed by atoms with E-state index in [2.05, 4.69) is 30.4 Å². The summed E-state index contributed by atoms with van der Waals surface area (Å²) in [5.74, 6) is 2.11. The highest BCUT2D eigenvalue weighted by Crippen LogP contribution is 2.64. The summed E-state index contributed by atoms with van der Waals surface area (Å²) in [5, 5.41) is 10.5. The molecule has 0 bridgehead atoms. The van der Waals surface area contributed by atoms with Crippen molar-refractivity contribution in [1.29, 1.82) is 0 Å². The van der Waals surface area contributed by atoms with Crippen LogP contribution < -0.4 is 4.90 Å². The number of benzene rings is 1. The smallest absolute Gasteiger partial charge is 0.247 e. The molecule has 0 amide bonds. The summed E-state index contributed by atoms with van der Waals surface area (Å²) in [6.07, 6.45) is 4.88. The number of piperidine rings is 1. The standard InChI is InChI=1S/C21H18FN5OS/c22-14-3-1-2-13(10-14)19-25-26-20(28-19)15-11-21(15)5-7-27(8-6-21)18-17-16(4-9-29-17)23-12-24-18/h1-4,9-10,12,15H,5-8,11H2. The number of halogens is 1. The lowest BCUT2D eigenvalue weighted by atomic mass is 9.91. The minimum Gasteiger partial charge on any atom is -0.420 e. The molecule has 3 aromatic heterocycles. The van der Waals surface area contributed by atoms with Crippen molar-refractivity contribution in [2.24, 2.45) is 5.41 Å². The minimum atomic E-state index is -0.304. The second-order valence-electron chi connectivity index (χ2n) is 7.89. The molecular weight excluding hydrogens is 389 g/mol. The Balaban J connectivity index is 1.18. The Labute approximate surface area is 170 Å². The zero-order chi connectivity index (χ0) is 19.4. The molecule has 6 nitrogen and oxygen atoms in total. The average Bonchev–Trinajstić information content (AvgIpc) is 3.13. The Morgan fingerprint density at radius 2 is 2.03 bits per heavy atom. The van der Waals surface area contributed by atoms with Crippen LogP contribution in [0.2, 0.25) is 0 Å². The predicted molar refractivity (Wildman–Crippen MR) is 108 cm³/mol. The lowest BCUT2D eigenvalue weighted by Crippen LogP contribution is -2.35. The monoisotopic (exact) mass is 407 g/mol. The predicted octanol–water partition coefficient (Wildman–Crippen LogP) is 4.65. The van der Waals surface area contributed by atoms with Gasteiger partial charge < -0.3 is 9.32 Å². The van der Waals surface area contributed by atoms with E-state index >= 15 is 0 Å². The van der Waals surface area contributed by atoms with Crippen molar-refractivity contribution in [3.05, 3.63) is 53.7 Å². The largest absolute Gasteiger partial charge is 0.420 e. The van der Waals surface area contributed by atoms with E-state index in [1.165, 1.54) is 12.1 Å². The minimum absolute atomic E-state index is 0.240. The van der Waals surface area contributed by atoms with Crippen LogP contribution in [-0.2, 0) is 0 Å². The van der Waals surface area contributed by atoms with Crippen LogP contribution in [0.15, 0.2) is 46.5 Å². The Bertz CT molecular complexity index is 1200. The van der Waals surface area contributed by atoms with Gasteiger partial charge in [0.1, 0.15) is 18.0 Å². The first-order valence-corrected chi connectivity index (χ1v) is 10.6. The summed E-state index contributed by atoms with van der Waals surface area (Å²) >= 11 is 1.70. The van der Waals surface area contributed by atoms with Crippen molar-refractivity contribution >= 4 is 27.4 Å². The van der Waals surface area contributed by atoms with E-state index < -0.39 is 0 Å². The van der Waals surface area contributed by atoms with Gasteiger partial charge in [-0.05, 0) is 54.3 Å². The van der Waals surface area contributed by atoms with Crippen LogP contribution in [0.3, 0.4) is 0 Å². The summed E-state index contributed by atoms with van der Waals surface area (Å²) in [5.41, 5.74) is 1.88. The fourth-order valence-corrected chi connectivity index (χ4v) is 5.39. The third-order valence-corrected chi connectivity index (χ3v) is 7.18. The van der Waals surface area contributed by atoms with Crippen LogP contribution in [0.1, 0.15) is 31.1 Å². The van der Waals surface area contributed by atoms with Crippen LogP contribution in [0.5, 0.6) is 0 Å². The highest BCUT2D eigenvalue weighted by molar-refractivity contribution is 7.17. The van der Waals surface area contributed by atoms with Gasteiger partial charge in [0.25, 0.3) is 0 Å². The van der Waals surface area contributed by atoms with E-state index in [4.69, 9.17) is 4.42 Å². The van der Waals surface area contributed by atoms with Crippen molar-refractivity contribution in [1.82, 2.24) is 20.2 Å². The van der Waals surface area contributed by atoms with Crippen LogP contribution in [0, 0.1) is 11.2 Å². The van der Waals surface area contributed by atoms with Crippen molar-refractivity contribution in [2.75, 3.05) is 18.0 Å². The molecule has 4 heterocycles. The number of nitrogens with zero attached hydrogens (tertiary/aromatic N) is 5. The second-order valence-corrected chi connectivity index (χ2v) is 8.81. The fraction of sp³-hybridized carbons (Fsp3) is 0.333. The average molecular weight is 407 g/mol. The molecule has 1 aliphatic heterocycles. The number of fused-ring (bicyclic) bond motifs is 1. The summed E-state index contributed by atoms with van der Waals surface area (Å²) in [4.78, 5) is 11.3. The lowest BCUT2D eigenvalue weighted by Gasteiger charge is -2.33. The third-order valence-electron chi connectivity index (χ3n) is 6.28. The van der Waals surface area contributed by atoms with E-state index in [9.17, 15) is 4.39 Å². The first kappa shape index (κ1) is 17.0. The molecule has 1 atom stereocenters. The Morgan fingerprint density at radius 3 is 2.90 bits per heavy atom. The molecule has 1 saturated carbocycles. The molecule has 29 heavy (non-hydrogen) atoms. The summed E-state index contributed by atoms with van der Waals surface area (Å²) in [7, 11) is 0. The number of anilines is 1. The number of rotatable bonds is 3. The maximum atomic E-state index is 13.5. The van der Waals surface area contributed by atoms with Gasteiger partial charge in [0.2, 0.25) is 11.8 Å². The van der Waals surface area contributed by atoms with Gasteiger partial charge in [0.15, 0.2) is 0 Å². The molecule has 4 aromatic rings. The van der Waals surface area contributed by atoms with Gasteiger partial charge in [-0.3, -0.25) is 0 Å². The maximum absolute atomic E-state index is 13.5. The van der Waals surface area contributed by atoms with Gasteiger partial charge in [-0.25, -0.2) is 14.4 Å². The molecular formula is C21H18FN5OS. The molecule has 1 spiro atoms. The van der Waals surface area contributed by atoms with E-state index in [0.29, 0.717) is 23.3 Å². The van der Waals surface area contributed by atoms with Crippen molar-refractivity contribution in [3.8, 4) is 11.5 Å². The quantitative estimate of drug-likeness (QED) is 0.492. The van der Waals surface area contributed by atoms with Crippen molar-refractivity contribution in [3.63, 3.8) is 0 Å². The summed E-state index contributed by atoms with van der Waals surface area (Å²) in [6, 6.07) is 8.31. The van der Waals surface area contributed by atoms with Gasteiger partial charge in [-0.15, -0.1) is 21.5 Å². The summed E-state index contributed by atoms with van der Waals surface area (Å²) < 4.78 is 20.5. The molecule has 1 aliphatic carbocycles. The van der Waals surface area contributed by atoms with Gasteiger partial charge in [-0.2, -0.15) is 0 Å². The number of thiophene rings is 1. The molecule has 2 aliphatic rings. The number of hydrogen-bond acceptors (Lipinski definition) is 7. The lowest BCUT2D eigenvalue weighted by molar-refractivity contribution is 0.352.